The molecule has 2 rings (SSSR count). The van der Waals surface area contributed by atoms with E-state index in [9.17, 15) is 14.9 Å². The Balaban J connectivity index is 1.85. The van der Waals surface area contributed by atoms with Gasteiger partial charge in [-0.25, -0.2) is 5.43 Å². The van der Waals surface area contributed by atoms with E-state index in [1.54, 1.807) is 30.3 Å². The van der Waals surface area contributed by atoms with Crippen molar-refractivity contribution in [3.63, 3.8) is 0 Å². The monoisotopic (exact) mass is 327 g/mol. The van der Waals surface area contributed by atoms with Crippen molar-refractivity contribution in [1.29, 1.82) is 0 Å². The number of ether oxygens (including phenoxy) is 1. The summed E-state index contributed by atoms with van der Waals surface area (Å²) in [5.74, 6) is 0.134. The van der Waals surface area contributed by atoms with Crippen molar-refractivity contribution in [1.82, 2.24) is 5.43 Å². The molecule has 1 N–H and O–H groups in total. The number of hydrogen-bond acceptors (Lipinski definition) is 5. The van der Waals surface area contributed by atoms with Gasteiger partial charge in [-0.2, -0.15) is 5.10 Å². The molecule has 1 amide bonds. The van der Waals surface area contributed by atoms with Gasteiger partial charge in [-0.3, -0.25) is 14.9 Å². The van der Waals surface area contributed by atoms with Crippen LogP contribution in [0.5, 0.6) is 5.75 Å². The molecule has 0 aliphatic rings. The maximum absolute atomic E-state index is 11.7. The molecule has 7 heteroatoms. The third-order valence-electron chi connectivity index (χ3n) is 3.23. The zero-order valence-electron chi connectivity index (χ0n) is 13.1. The summed E-state index contributed by atoms with van der Waals surface area (Å²) < 4.78 is 5.34. The molecule has 0 spiro atoms. The van der Waals surface area contributed by atoms with Crippen molar-refractivity contribution >= 4 is 17.8 Å². The normalized spacial score (nSPS) is 10.5. The lowest BCUT2D eigenvalue weighted by molar-refractivity contribution is -0.385. The van der Waals surface area contributed by atoms with E-state index >= 15 is 0 Å². The van der Waals surface area contributed by atoms with Gasteiger partial charge in [0, 0.05) is 6.07 Å². The SMILES string of the molecule is CCc1ccc(OCC(=O)NN=Cc2ccccc2[N+](=O)[O-])cc1. The molecule has 24 heavy (non-hydrogen) atoms. The lowest BCUT2D eigenvalue weighted by Crippen LogP contribution is -2.24. The van der Waals surface area contributed by atoms with Gasteiger partial charge in [0.1, 0.15) is 5.75 Å². The van der Waals surface area contributed by atoms with Gasteiger partial charge in [-0.1, -0.05) is 31.2 Å². The first-order chi connectivity index (χ1) is 11.6. The predicted molar refractivity (Wildman–Crippen MR) is 90.1 cm³/mol. The van der Waals surface area contributed by atoms with Gasteiger partial charge >= 0.3 is 0 Å². The van der Waals surface area contributed by atoms with E-state index in [2.05, 4.69) is 17.5 Å². The standard InChI is InChI=1S/C17H17N3O4/c1-2-13-7-9-15(10-8-13)24-12-17(21)19-18-11-14-5-3-4-6-16(14)20(22)23/h3-11H,2,12H2,1H3,(H,19,21). The largest absolute Gasteiger partial charge is 0.484 e. The van der Waals surface area contributed by atoms with Crippen LogP contribution in [0.1, 0.15) is 18.1 Å². The Hall–Kier alpha value is -3.22. The quantitative estimate of drug-likeness (QED) is 0.480. The highest BCUT2D eigenvalue weighted by Crippen LogP contribution is 2.15. The number of rotatable bonds is 7. The number of benzene rings is 2. The Kier molecular flexibility index (Phi) is 6.01. The zero-order valence-corrected chi connectivity index (χ0v) is 13.1. The molecular weight excluding hydrogens is 310 g/mol. The third kappa shape index (κ3) is 4.91. The highest BCUT2D eigenvalue weighted by Gasteiger charge is 2.10. The van der Waals surface area contributed by atoms with Crippen LogP contribution in [0.25, 0.3) is 0 Å². The number of carbonyl (C=O) groups excluding carboxylic acids is 1. The molecule has 0 fully saturated rings. The van der Waals surface area contributed by atoms with Gasteiger partial charge in [-0.15, -0.1) is 0 Å². The van der Waals surface area contributed by atoms with Gasteiger partial charge in [0.25, 0.3) is 11.6 Å². The molecule has 7 nitrogen and oxygen atoms in total. The smallest absolute Gasteiger partial charge is 0.278 e. The fourth-order valence-corrected chi connectivity index (χ4v) is 1.94. The van der Waals surface area contributed by atoms with Crippen LogP contribution in [0.15, 0.2) is 53.6 Å². The van der Waals surface area contributed by atoms with Crippen LogP contribution in [-0.2, 0) is 11.2 Å². The second-order valence-corrected chi connectivity index (χ2v) is 4.90. The molecular formula is C17H17N3O4. The average Bonchev–Trinajstić information content (AvgIpc) is 2.60. The van der Waals surface area contributed by atoms with Crippen LogP contribution in [0.4, 0.5) is 5.69 Å². The fraction of sp³-hybridized carbons (Fsp3) is 0.176. The summed E-state index contributed by atoms with van der Waals surface area (Å²) in [5, 5.41) is 14.6. The number of aryl methyl sites for hydroxylation is 1. The summed E-state index contributed by atoms with van der Waals surface area (Å²) in [6, 6.07) is 13.6. The third-order valence-corrected chi connectivity index (χ3v) is 3.23. The maximum atomic E-state index is 11.7. The Morgan fingerprint density at radius 3 is 2.62 bits per heavy atom. The highest BCUT2D eigenvalue weighted by atomic mass is 16.6. The first-order valence-electron chi connectivity index (χ1n) is 7.37. The number of carbonyl (C=O) groups is 1. The Labute approximate surface area is 139 Å². The van der Waals surface area contributed by atoms with Crippen molar-refractivity contribution in [2.24, 2.45) is 5.10 Å². The van der Waals surface area contributed by atoms with Crippen LogP contribution < -0.4 is 10.2 Å². The minimum Gasteiger partial charge on any atom is -0.484 e. The van der Waals surface area contributed by atoms with E-state index in [1.807, 2.05) is 12.1 Å². The zero-order chi connectivity index (χ0) is 17.4. The molecule has 0 aromatic heterocycles. The Morgan fingerprint density at radius 2 is 1.96 bits per heavy atom. The van der Waals surface area contributed by atoms with E-state index in [1.165, 1.54) is 17.8 Å². The number of hydrazone groups is 1. The summed E-state index contributed by atoms with van der Waals surface area (Å²) in [6.45, 7) is 1.86. The molecule has 0 aliphatic heterocycles. The molecule has 0 atom stereocenters. The molecule has 0 heterocycles. The number of nitro benzene ring substituents is 1. The Bertz CT molecular complexity index is 742. The molecule has 0 unspecified atom stereocenters. The number of hydrogen-bond donors (Lipinski definition) is 1. The second-order valence-electron chi connectivity index (χ2n) is 4.90. The van der Waals surface area contributed by atoms with Crippen molar-refractivity contribution in [3.8, 4) is 5.75 Å². The maximum Gasteiger partial charge on any atom is 0.278 e. The topological polar surface area (TPSA) is 93.8 Å². The fourth-order valence-electron chi connectivity index (χ4n) is 1.94. The van der Waals surface area contributed by atoms with Crippen LogP contribution in [-0.4, -0.2) is 23.7 Å². The van der Waals surface area contributed by atoms with E-state index in [0.29, 0.717) is 11.3 Å². The Morgan fingerprint density at radius 1 is 1.25 bits per heavy atom. The van der Waals surface area contributed by atoms with Crippen LogP contribution in [0.3, 0.4) is 0 Å². The highest BCUT2D eigenvalue weighted by molar-refractivity contribution is 5.86. The van der Waals surface area contributed by atoms with Crippen molar-refractivity contribution in [2.75, 3.05) is 6.61 Å². The number of para-hydroxylation sites is 1. The lowest BCUT2D eigenvalue weighted by atomic mass is 10.2. The van der Waals surface area contributed by atoms with E-state index in [0.717, 1.165) is 6.42 Å². The van der Waals surface area contributed by atoms with Gasteiger partial charge < -0.3 is 4.74 Å². The second kappa shape index (κ2) is 8.42. The number of nitrogens with one attached hydrogen (secondary N) is 1. The van der Waals surface area contributed by atoms with Gasteiger partial charge in [0.15, 0.2) is 6.61 Å². The minimum absolute atomic E-state index is 0.0808. The van der Waals surface area contributed by atoms with Crippen LogP contribution >= 0.6 is 0 Å². The summed E-state index contributed by atoms with van der Waals surface area (Å²) in [7, 11) is 0. The minimum atomic E-state index is -0.508. The molecule has 0 radical (unpaired) electrons. The van der Waals surface area contributed by atoms with Gasteiger partial charge in [0.2, 0.25) is 0 Å². The van der Waals surface area contributed by atoms with Gasteiger partial charge in [0.05, 0.1) is 16.7 Å². The molecule has 0 bridgehead atoms. The predicted octanol–water partition coefficient (Wildman–Crippen LogP) is 2.69. The first kappa shape index (κ1) is 17.1. The van der Waals surface area contributed by atoms with Gasteiger partial charge in [-0.05, 0) is 30.2 Å². The van der Waals surface area contributed by atoms with Crippen molar-refractivity contribution in [2.45, 2.75) is 13.3 Å². The van der Waals surface area contributed by atoms with Crippen LogP contribution in [0, 0.1) is 10.1 Å². The van der Waals surface area contributed by atoms with Crippen molar-refractivity contribution in [3.05, 3.63) is 69.8 Å². The van der Waals surface area contributed by atoms with E-state index in [-0.39, 0.29) is 12.3 Å². The summed E-state index contributed by atoms with van der Waals surface area (Å²) >= 11 is 0. The first-order valence-corrected chi connectivity index (χ1v) is 7.37. The molecule has 0 saturated carbocycles. The average molecular weight is 327 g/mol. The summed E-state index contributed by atoms with van der Waals surface area (Å²) in [6.07, 6.45) is 2.16. The van der Waals surface area contributed by atoms with E-state index in [4.69, 9.17) is 4.74 Å². The molecule has 2 aromatic carbocycles. The number of nitrogens with zero attached hydrogens (tertiary/aromatic N) is 2. The molecule has 2 aromatic rings. The lowest BCUT2D eigenvalue weighted by Gasteiger charge is -2.05. The number of amides is 1. The van der Waals surface area contributed by atoms with Crippen LogP contribution in [0.2, 0.25) is 0 Å². The summed E-state index contributed by atoms with van der Waals surface area (Å²) in [4.78, 5) is 22.0. The molecule has 124 valence electrons. The summed E-state index contributed by atoms with van der Waals surface area (Å²) in [5.41, 5.74) is 3.68. The van der Waals surface area contributed by atoms with Crippen molar-refractivity contribution < 1.29 is 14.5 Å². The number of nitro groups is 1. The molecule has 0 saturated heterocycles. The van der Waals surface area contributed by atoms with E-state index < -0.39 is 10.8 Å². The molecule has 0 aliphatic carbocycles.